The van der Waals surface area contributed by atoms with Crippen molar-refractivity contribution < 1.29 is 4.79 Å². The van der Waals surface area contributed by atoms with E-state index in [1.807, 2.05) is 12.1 Å². The van der Waals surface area contributed by atoms with Gasteiger partial charge < -0.3 is 21.3 Å². The Hall–Kier alpha value is -2.46. The van der Waals surface area contributed by atoms with Gasteiger partial charge in [-0.2, -0.15) is 4.98 Å². The van der Waals surface area contributed by atoms with E-state index in [2.05, 4.69) is 27.3 Å². The highest BCUT2D eigenvalue weighted by molar-refractivity contribution is 5.89. The van der Waals surface area contributed by atoms with Crippen molar-refractivity contribution in [1.82, 2.24) is 19.4 Å². The number of anilines is 1. The molecule has 3 aliphatic rings. The van der Waals surface area contributed by atoms with Gasteiger partial charge in [-0.3, -0.25) is 9.88 Å². The molecule has 10 heteroatoms. The molecule has 2 aromatic rings. The van der Waals surface area contributed by atoms with E-state index >= 15 is 0 Å². The number of nitrogens with zero attached hydrogens (tertiary/aromatic N) is 4. The molecule has 190 valence electrons. The molecular weight excluding hydrogens is 466 g/mol. The first-order chi connectivity index (χ1) is 16.4. The number of nitrogens with one attached hydrogen (secondary N) is 1. The van der Waals surface area contributed by atoms with Crippen LogP contribution in [0.25, 0.3) is 5.69 Å². The first-order valence-electron chi connectivity index (χ1n) is 12.4. The van der Waals surface area contributed by atoms with Crippen LogP contribution in [0, 0.1) is 5.41 Å². The van der Waals surface area contributed by atoms with Crippen molar-refractivity contribution in [2.75, 3.05) is 38.0 Å². The Morgan fingerprint density at radius 3 is 2.51 bits per heavy atom. The zero-order chi connectivity index (χ0) is 23.7. The van der Waals surface area contributed by atoms with Crippen LogP contribution in [0.4, 0.5) is 10.6 Å². The van der Waals surface area contributed by atoms with Crippen LogP contribution >= 0.6 is 12.4 Å². The van der Waals surface area contributed by atoms with E-state index in [1.54, 1.807) is 17.2 Å². The summed E-state index contributed by atoms with van der Waals surface area (Å²) in [6, 6.07) is 9.96. The Morgan fingerprint density at radius 2 is 1.86 bits per heavy atom. The first kappa shape index (κ1) is 25.6. The number of nitrogens with two attached hydrogens (primary N) is 2. The molecule has 1 spiro atoms. The number of aromatic nitrogens is 2. The van der Waals surface area contributed by atoms with Gasteiger partial charge in [0.1, 0.15) is 5.82 Å². The van der Waals surface area contributed by atoms with Crippen molar-refractivity contribution in [3.63, 3.8) is 0 Å². The monoisotopic (exact) mass is 501 g/mol. The summed E-state index contributed by atoms with van der Waals surface area (Å²) in [4.78, 5) is 33.3. The lowest BCUT2D eigenvalue weighted by atomic mass is 9.60. The third kappa shape index (κ3) is 5.53. The fourth-order valence-electron chi connectivity index (χ4n) is 5.34. The summed E-state index contributed by atoms with van der Waals surface area (Å²) in [6.45, 7) is 4.55. The van der Waals surface area contributed by atoms with E-state index in [4.69, 9.17) is 11.5 Å². The minimum atomic E-state index is -0.424. The average Bonchev–Trinajstić information content (AvgIpc) is 3.00. The van der Waals surface area contributed by atoms with Crippen molar-refractivity contribution >= 4 is 24.3 Å². The minimum Gasteiger partial charge on any atom is -0.328 e. The van der Waals surface area contributed by atoms with Crippen molar-refractivity contribution in [2.45, 2.75) is 50.6 Å². The smallest absolute Gasteiger partial charge is 0.328 e. The predicted octanol–water partition coefficient (Wildman–Crippen LogP) is 1.96. The van der Waals surface area contributed by atoms with Crippen molar-refractivity contribution in [1.29, 1.82) is 0 Å². The van der Waals surface area contributed by atoms with Crippen LogP contribution in [0.3, 0.4) is 0 Å². The highest BCUT2D eigenvalue weighted by Gasteiger charge is 2.54. The SMILES string of the molecule is Cl.NC1CCCN(CCc2ccc(-n3ccc(NC(=O)N4CC5(CCC5N)C4)nc3=O)cc2)CC1. The third-order valence-electron chi connectivity index (χ3n) is 7.87. The van der Waals surface area contributed by atoms with Gasteiger partial charge in [-0.15, -0.1) is 12.4 Å². The normalized spacial score (nSPS) is 23.5. The topological polar surface area (TPSA) is 123 Å². The quantitative estimate of drug-likeness (QED) is 0.575. The van der Waals surface area contributed by atoms with E-state index in [-0.39, 0.29) is 35.7 Å². The van der Waals surface area contributed by atoms with Gasteiger partial charge in [0.2, 0.25) is 0 Å². The molecule has 0 radical (unpaired) electrons. The van der Waals surface area contributed by atoms with Crippen molar-refractivity contribution in [2.24, 2.45) is 16.9 Å². The molecule has 35 heavy (non-hydrogen) atoms. The van der Waals surface area contributed by atoms with Crippen LogP contribution in [0.5, 0.6) is 0 Å². The predicted molar refractivity (Wildman–Crippen MR) is 139 cm³/mol. The Bertz CT molecular complexity index is 1080. The van der Waals surface area contributed by atoms with Gasteiger partial charge in [0.05, 0.1) is 5.69 Å². The Labute approximate surface area is 212 Å². The van der Waals surface area contributed by atoms with Gasteiger partial charge in [0.25, 0.3) is 0 Å². The van der Waals surface area contributed by atoms with Crippen LogP contribution in [-0.2, 0) is 6.42 Å². The molecule has 1 aromatic heterocycles. The van der Waals surface area contributed by atoms with Crippen LogP contribution in [0.15, 0.2) is 41.3 Å². The second-order valence-electron chi connectivity index (χ2n) is 10.2. The molecule has 1 saturated carbocycles. The fourth-order valence-corrected chi connectivity index (χ4v) is 5.34. The van der Waals surface area contributed by atoms with E-state index in [1.165, 1.54) is 16.6 Å². The number of benzene rings is 1. The third-order valence-corrected chi connectivity index (χ3v) is 7.87. The van der Waals surface area contributed by atoms with Crippen LogP contribution in [-0.4, -0.2) is 70.2 Å². The summed E-state index contributed by atoms with van der Waals surface area (Å²) >= 11 is 0. The van der Waals surface area contributed by atoms with Gasteiger partial charge in [0.15, 0.2) is 0 Å². The van der Waals surface area contributed by atoms with Crippen LogP contribution in [0.2, 0.25) is 0 Å². The summed E-state index contributed by atoms with van der Waals surface area (Å²) in [5, 5.41) is 2.74. The van der Waals surface area contributed by atoms with Gasteiger partial charge in [0, 0.05) is 43.3 Å². The van der Waals surface area contributed by atoms with E-state index in [0.717, 1.165) is 57.4 Å². The number of likely N-dealkylation sites (tertiary alicyclic amines) is 2. The number of amides is 2. The number of carbonyl (C=O) groups is 1. The Kier molecular flexibility index (Phi) is 7.80. The maximum atomic E-state index is 12.6. The lowest BCUT2D eigenvalue weighted by Crippen LogP contribution is -2.70. The molecule has 2 aliphatic heterocycles. The lowest BCUT2D eigenvalue weighted by Gasteiger charge is -2.59. The van der Waals surface area contributed by atoms with Gasteiger partial charge in [-0.25, -0.2) is 9.59 Å². The zero-order valence-electron chi connectivity index (χ0n) is 20.1. The lowest BCUT2D eigenvalue weighted by molar-refractivity contribution is -0.0492. The van der Waals surface area contributed by atoms with Crippen LogP contribution in [0.1, 0.15) is 37.7 Å². The molecule has 3 heterocycles. The second kappa shape index (κ2) is 10.7. The van der Waals surface area contributed by atoms with Crippen molar-refractivity contribution in [3.8, 4) is 5.69 Å². The molecule has 0 bridgehead atoms. The molecular formula is C25H36ClN7O2. The number of rotatable bonds is 5. The standard InChI is InChI=1S/C25H35N7O2.ClH/c26-19-2-1-12-30(14-9-19)13-8-18-3-5-20(6-4-18)32-15-10-22(29-24(32)34)28-23(33)31-16-25(17-31)11-7-21(25)27;/h3-6,10,15,19,21H,1-2,7-9,11-14,16-17,26-27H2,(H,28,29,33,34);1H. The molecule has 5 rings (SSSR count). The largest absolute Gasteiger partial charge is 0.354 e. The maximum absolute atomic E-state index is 12.6. The molecule has 3 fully saturated rings. The van der Waals surface area contributed by atoms with E-state index in [9.17, 15) is 9.59 Å². The number of hydrogen-bond donors (Lipinski definition) is 3. The number of halogens is 1. The van der Waals surface area contributed by atoms with Gasteiger partial charge in [-0.05, 0) is 75.4 Å². The molecule has 1 aromatic carbocycles. The molecule has 5 N–H and O–H groups in total. The summed E-state index contributed by atoms with van der Waals surface area (Å²) in [5.41, 5.74) is 13.8. The Morgan fingerprint density at radius 1 is 1.09 bits per heavy atom. The molecule has 1 aliphatic carbocycles. The minimum absolute atomic E-state index is 0. The van der Waals surface area contributed by atoms with Crippen LogP contribution < -0.4 is 22.5 Å². The number of urea groups is 1. The summed E-state index contributed by atoms with van der Waals surface area (Å²) in [7, 11) is 0. The second-order valence-corrected chi connectivity index (χ2v) is 10.2. The molecule has 2 amide bonds. The molecule has 2 atom stereocenters. The summed E-state index contributed by atoms with van der Waals surface area (Å²) < 4.78 is 1.49. The van der Waals surface area contributed by atoms with E-state index in [0.29, 0.717) is 19.1 Å². The Balaban J connectivity index is 0.00000289. The number of carbonyl (C=O) groups excluding carboxylic acids is 1. The molecule has 2 unspecified atom stereocenters. The summed E-state index contributed by atoms with van der Waals surface area (Å²) in [5.74, 6) is 0.263. The maximum Gasteiger partial charge on any atom is 0.354 e. The highest BCUT2D eigenvalue weighted by Crippen LogP contribution is 2.47. The zero-order valence-corrected chi connectivity index (χ0v) is 20.9. The van der Waals surface area contributed by atoms with Crippen molar-refractivity contribution in [3.05, 3.63) is 52.6 Å². The average molecular weight is 502 g/mol. The molecule has 9 nitrogen and oxygen atoms in total. The molecule has 2 saturated heterocycles. The highest BCUT2D eigenvalue weighted by atomic mass is 35.5. The fraction of sp³-hybridized carbons (Fsp3) is 0.560. The van der Waals surface area contributed by atoms with E-state index < -0.39 is 5.69 Å². The van der Waals surface area contributed by atoms with Gasteiger partial charge in [-0.1, -0.05) is 12.1 Å². The summed E-state index contributed by atoms with van der Waals surface area (Å²) in [6.07, 6.45) is 8.08. The first-order valence-corrected chi connectivity index (χ1v) is 12.4. The number of hydrogen-bond acceptors (Lipinski definition) is 6. The van der Waals surface area contributed by atoms with Gasteiger partial charge >= 0.3 is 11.7 Å².